The van der Waals surface area contributed by atoms with Crippen LogP contribution < -0.4 is 0 Å². The molecule has 0 radical (unpaired) electrons. The lowest BCUT2D eigenvalue weighted by atomic mass is 10.0. The third kappa shape index (κ3) is 1.79. The van der Waals surface area contributed by atoms with Gasteiger partial charge in [0, 0.05) is 5.39 Å². The molecule has 0 aliphatic heterocycles. The predicted octanol–water partition coefficient (Wildman–Crippen LogP) is 3.55. The van der Waals surface area contributed by atoms with Crippen molar-refractivity contribution in [2.45, 2.75) is 19.8 Å². The Kier molecular flexibility index (Phi) is 2.57. The topological polar surface area (TPSA) is 25.8 Å². The lowest BCUT2D eigenvalue weighted by molar-refractivity contribution is 0.636. The van der Waals surface area contributed by atoms with E-state index in [1.54, 1.807) is 6.07 Å². The minimum atomic E-state index is -0.362. The predicted molar refractivity (Wildman–Crippen MR) is 58.6 cm³/mol. The minimum Gasteiger partial charge on any atom is -0.222 e. The van der Waals surface area contributed by atoms with Gasteiger partial charge in [0.25, 0.3) is 0 Å². The first-order chi connectivity index (χ1) is 7.09. The van der Waals surface area contributed by atoms with Gasteiger partial charge in [-0.1, -0.05) is 26.0 Å². The summed E-state index contributed by atoms with van der Waals surface area (Å²) < 4.78 is 13.5. The Bertz CT molecular complexity index is 511. The smallest absolute Gasteiger partial charge is 0.222 e. The van der Waals surface area contributed by atoms with Gasteiger partial charge in [0.05, 0.1) is 5.69 Å². The van der Waals surface area contributed by atoms with E-state index in [9.17, 15) is 4.39 Å². The second kappa shape index (κ2) is 3.74. The zero-order chi connectivity index (χ0) is 11.0. The fourth-order valence-corrected chi connectivity index (χ4v) is 1.73. The molecule has 1 aromatic heterocycles. The van der Waals surface area contributed by atoms with E-state index < -0.39 is 0 Å². The lowest BCUT2D eigenvalue weighted by Gasteiger charge is -2.08. The lowest BCUT2D eigenvalue weighted by Crippen LogP contribution is -1.98. The number of halogens is 2. The minimum absolute atomic E-state index is 0.0938. The van der Waals surface area contributed by atoms with Crippen LogP contribution in [0.3, 0.4) is 0 Å². The molecule has 0 unspecified atom stereocenters. The van der Waals surface area contributed by atoms with Crippen LogP contribution in [0, 0.1) is 5.82 Å². The van der Waals surface area contributed by atoms with Crippen molar-refractivity contribution in [1.82, 2.24) is 9.97 Å². The molecule has 0 saturated carbocycles. The molecular formula is C11H10ClFN2. The van der Waals surface area contributed by atoms with Crippen LogP contribution in [0.25, 0.3) is 10.9 Å². The molecule has 2 nitrogen and oxygen atoms in total. The Morgan fingerprint density at radius 3 is 2.67 bits per heavy atom. The zero-order valence-electron chi connectivity index (χ0n) is 8.46. The maximum atomic E-state index is 13.5. The number of hydrogen-bond acceptors (Lipinski definition) is 2. The van der Waals surface area contributed by atoms with Gasteiger partial charge in [-0.25, -0.2) is 14.4 Å². The fraction of sp³-hybridized carbons (Fsp3) is 0.273. The maximum absolute atomic E-state index is 13.5. The molecule has 0 fully saturated rings. The first-order valence-electron chi connectivity index (χ1n) is 4.71. The Morgan fingerprint density at radius 1 is 1.27 bits per heavy atom. The van der Waals surface area contributed by atoms with E-state index >= 15 is 0 Å². The highest BCUT2D eigenvalue weighted by molar-refractivity contribution is 6.28. The molecule has 1 aromatic carbocycles. The summed E-state index contributed by atoms with van der Waals surface area (Å²) in [5, 5.41) is 0.825. The summed E-state index contributed by atoms with van der Waals surface area (Å²) in [4.78, 5) is 8.03. The second-order valence-corrected chi connectivity index (χ2v) is 4.01. The summed E-state index contributed by atoms with van der Waals surface area (Å²) in [6.07, 6.45) is 0. The number of nitrogens with zero attached hydrogens (tertiary/aromatic N) is 2. The van der Waals surface area contributed by atoms with Crippen molar-refractivity contribution in [3.63, 3.8) is 0 Å². The van der Waals surface area contributed by atoms with Crippen molar-refractivity contribution in [3.8, 4) is 0 Å². The van der Waals surface area contributed by atoms with E-state index in [1.165, 1.54) is 6.07 Å². The Labute approximate surface area is 92.1 Å². The molecule has 0 saturated heterocycles. The molecule has 15 heavy (non-hydrogen) atoms. The van der Waals surface area contributed by atoms with Crippen molar-refractivity contribution >= 4 is 22.5 Å². The number of fused-ring (bicyclic) bond motifs is 1. The van der Waals surface area contributed by atoms with Crippen LogP contribution in [-0.2, 0) is 0 Å². The van der Waals surface area contributed by atoms with Crippen LogP contribution in [0.1, 0.15) is 25.5 Å². The van der Waals surface area contributed by atoms with Gasteiger partial charge in [-0.05, 0) is 23.6 Å². The molecule has 2 aromatic rings. The van der Waals surface area contributed by atoms with Crippen molar-refractivity contribution in [2.75, 3.05) is 0 Å². The molecule has 1 heterocycles. The highest BCUT2D eigenvalue weighted by Gasteiger charge is 2.12. The average Bonchev–Trinajstić information content (AvgIpc) is 2.18. The molecule has 0 atom stereocenters. The number of benzene rings is 1. The van der Waals surface area contributed by atoms with Gasteiger partial charge in [0.1, 0.15) is 11.3 Å². The maximum Gasteiger partial charge on any atom is 0.223 e. The third-order valence-corrected chi connectivity index (χ3v) is 2.40. The first-order valence-corrected chi connectivity index (χ1v) is 5.09. The van der Waals surface area contributed by atoms with E-state index in [2.05, 4.69) is 9.97 Å². The summed E-state index contributed by atoms with van der Waals surface area (Å²) in [7, 11) is 0. The van der Waals surface area contributed by atoms with Gasteiger partial charge in [-0.2, -0.15) is 0 Å². The normalized spacial score (nSPS) is 11.3. The standard InChI is InChI=1S/C11H10ClFN2/c1-6(2)9-7-4-3-5-8(13)10(7)15-11(12)14-9/h3-6H,1-2H3. The summed E-state index contributed by atoms with van der Waals surface area (Å²) in [5.41, 5.74) is 1.07. The van der Waals surface area contributed by atoms with Gasteiger partial charge in [0.2, 0.25) is 5.28 Å². The Morgan fingerprint density at radius 2 is 2.00 bits per heavy atom. The molecule has 0 N–H and O–H groups in total. The molecule has 0 amide bonds. The summed E-state index contributed by atoms with van der Waals surface area (Å²) in [6.45, 7) is 3.98. The van der Waals surface area contributed by atoms with Crippen molar-refractivity contribution in [2.24, 2.45) is 0 Å². The summed E-state index contributed by atoms with van der Waals surface area (Å²) >= 11 is 5.75. The molecular weight excluding hydrogens is 215 g/mol. The number of aromatic nitrogens is 2. The SMILES string of the molecule is CC(C)c1nc(Cl)nc2c(F)cccc12. The molecule has 78 valence electrons. The molecule has 0 bridgehead atoms. The van der Waals surface area contributed by atoms with Crippen LogP contribution in [0.5, 0.6) is 0 Å². The Balaban J connectivity index is 2.86. The highest BCUT2D eigenvalue weighted by atomic mass is 35.5. The molecule has 0 spiro atoms. The summed E-state index contributed by atoms with van der Waals surface area (Å²) in [5.74, 6) is -0.173. The number of hydrogen-bond donors (Lipinski definition) is 0. The first kappa shape index (κ1) is 10.3. The van der Waals surface area contributed by atoms with E-state index in [0.717, 1.165) is 11.1 Å². The van der Waals surface area contributed by atoms with Gasteiger partial charge in [-0.15, -0.1) is 0 Å². The van der Waals surface area contributed by atoms with E-state index in [4.69, 9.17) is 11.6 Å². The highest BCUT2D eigenvalue weighted by Crippen LogP contribution is 2.25. The average molecular weight is 225 g/mol. The van der Waals surface area contributed by atoms with Gasteiger partial charge < -0.3 is 0 Å². The van der Waals surface area contributed by atoms with Gasteiger partial charge >= 0.3 is 0 Å². The Hall–Kier alpha value is -1.22. The summed E-state index contributed by atoms with van der Waals surface area (Å²) in [6, 6.07) is 4.83. The second-order valence-electron chi connectivity index (χ2n) is 3.67. The van der Waals surface area contributed by atoms with E-state index in [0.29, 0.717) is 5.52 Å². The van der Waals surface area contributed by atoms with Crippen LogP contribution in [0.2, 0.25) is 5.28 Å². The zero-order valence-corrected chi connectivity index (χ0v) is 9.22. The van der Waals surface area contributed by atoms with Gasteiger partial charge in [-0.3, -0.25) is 0 Å². The van der Waals surface area contributed by atoms with Crippen molar-refractivity contribution in [1.29, 1.82) is 0 Å². The number of rotatable bonds is 1. The van der Waals surface area contributed by atoms with Gasteiger partial charge in [0.15, 0.2) is 0 Å². The van der Waals surface area contributed by atoms with Crippen molar-refractivity contribution in [3.05, 3.63) is 35.0 Å². The molecule has 2 rings (SSSR count). The quantitative estimate of drug-likeness (QED) is 0.693. The van der Waals surface area contributed by atoms with Crippen molar-refractivity contribution < 1.29 is 4.39 Å². The van der Waals surface area contributed by atoms with Crippen LogP contribution >= 0.6 is 11.6 Å². The number of para-hydroxylation sites is 1. The third-order valence-electron chi connectivity index (χ3n) is 2.23. The largest absolute Gasteiger partial charge is 0.223 e. The molecule has 0 aliphatic carbocycles. The molecule has 4 heteroatoms. The van der Waals surface area contributed by atoms with E-state index in [-0.39, 0.29) is 17.0 Å². The van der Waals surface area contributed by atoms with E-state index in [1.807, 2.05) is 19.9 Å². The molecule has 0 aliphatic rings. The van der Waals surface area contributed by atoms with Crippen LogP contribution in [-0.4, -0.2) is 9.97 Å². The van der Waals surface area contributed by atoms with Crippen LogP contribution in [0.15, 0.2) is 18.2 Å². The fourth-order valence-electron chi connectivity index (χ4n) is 1.55. The monoisotopic (exact) mass is 224 g/mol. The van der Waals surface area contributed by atoms with Crippen LogP contribution in [0.4, 0.5) is 4.39 Å².